The van der Waals surface area contributed by atoms with E-state index < -0.39 is 0 Å². The molecule has 3 heterocycles. The molecule has 1 aliphatic rings. The van der Waals surface area contributed by atoms with Crippen molar-refractivity contribution in [3.8, 4) is 0 Å². The molecule has 112 valence electrons. The molecule has 0 spiro atoms. The maximum absolute atomic E-state index is 12.1. The van der Waals surface area contributed by atoms with Crippen molar-refractivity contribution in [1.29, 1.82) is 0 Å². The minimum absolute atomic E-state index is 0.0836. The molecular formula is C15H20N4O2. The highest BCUT2D eigenvalue weighted by Gasteiger charge is 2.25. The Bertz CT molecular complexity index is 652. The van der Waals surface area contributed by atoms with E-state index >= 15 is 0 Å². The van der Waals surface area contributed by atoms with Gasteiger partial charge in [-0.15, -0.1) is 0 Å². The van der Waals surface area contributed by atoms with E-state index in [1.165, 1.54) is 0 Å². The molecule has 1 fully saturated rings. The second-order valence-corrected chi connectivity index (χ2v) is 5.57. The summed E-state index contributed by atoms with van der Waals surface area (Å²) in [6, 6.07) is 5.86. The average molecular weight is 288 g/mol. The number of nitrogens with one attached hydrogen (secondary N) is 1. The summed E-state index contributed by atoms with van der Waals surface area (Å²) in [4.78, 5) is 18.3. The number of carbonyl (C=O) groups excluding carboxylic acids is 1. The SMILES string of the molecule is Cc1cccc2nc(CNC(=O)N3CCC(CO)C3)cn12. The van der Waals surface area contributed by atoms with Crippen LogP contribution in [0.3, 0.4) is 0 Å². The molecule has 21 heavy (non-hydrogen) atoms. The van der Waals surface area contributed by atoms with Crippen LogP contribution in [0, 0.1) is 12.8 Å². The summed E-state index contributed by atoms with van der Waals surface area (Å²) in [6.45, 7) is 3.93. The molecule has 0 radical (unpaired) electrons. The van der Waals surface area contributed by atoms with Crippen LogP contribution < -0.4 is 5.32 Å². The van der Waals surface area contributed by atoms with Crippen molar-refractivity contribution in [2.45, 2.75) is 19.9 Å². The van der Waals surface area contributed by atoms with Gasteiger partial charge in [0.05, 0.1) is 12.2 Å². The summed E-state index contributed by atoms with van der Waals surface area (Å²) in [5, 5.41) is 12.0. The molecule has 6 nitrogen and oxygen atoms in total. The number of urea groups is 1. The second-order valence-electron chi connectivity index (χ2n) is 5.57. The fourth-order valence-electron chi connectivity index (χ4n) is 2.73. The third-order valence-corrected chi connectivity index (χ3v) is 4.00. The lowest BCUT2D eigenvalue weighted by molar-refractivity contribution is 0.198. The number of carbonyl (C=O) groups is 1. The Morgan fingerprint density at radius 1 is 1.52 bits per heavy atom. The van der Waals surface area contributed by atoms with Gasteiger partial charge in [0.1, 0.15) is 5.65 Å². The minimum atomic E-state index is -0.0836. The number of nitrogens with zero attached hydrogens (tertiary/aromatic N) is 3. The number of hydrogen-bond donors (Lipinski definition) is 2. The number of hydrogen-bond acceptors (Lipinski definition) is 3. The lowest BCUT2D eigenvalue weighted by Gasteiger charge is -2.16. The number of aliphatic hydroxyl groups is 1. The number of aliphatic hydroxyl groups excluding tert-OH is 1. The molecule has 2 N–H and O–H groups in total. The second kappa shape index (κ2) is 5.73. The maximum atomic E-state index is 12.1. The van der Waals surface area contributed by atoms with Gasteiger partial charge in [0, 0.05) is 37.5 Å². The van der Waals surface area contributed by atoms with Crippen molar-refractivity contribution in [3.63, 3.8) is 0 Å². The molecule has 1 unspecified atom stereocenters. The summed E-state index contributed by atoms with van der Waals surface area (Å²) in [5.41, 5.74) is 2.85. The number of aryl methyl sites for hydroxylation is 1. The Balaban J connectivity index is 1.61. The van der Waals surface area contributed by atoms with E-state index in [2.05, 4.69) is 10.3 Å². The zero-order valence-electron chi connectivity index (χ0n) is 12.1. The normalized spacial score (nSPS) is 18.4. The summed E-state index contributed by atoms with van der Waals surface area (Å²) < 4.78 is 2.01. The van der Waals surface area contributed by atoms with Gasteiger partial charge in [0.15, 0.2) is 0 Å². The molecule has 0 aliphatic carbocycles. The van der Waals surface area contributed by atoms with Crippen LogP contribution in [0.4, 0.5) is 4.79 Å². The predicted molar refractivity (Wildman–Crippen MR) is 78.9 cm³/mol. The molecule has 0 aromatic carbocycles. The largest absolute Gasteiger partial charge is 0.396 e. The third kappa shape index (κ3) is 2.85. The van der Waals surface area contributed by atoms with Crippen molar-refractivity contribution in [2.75, 3.05) is 19.7 Å². The first kappa shape index (κ1) is 13.9. The number of fused-ring (bicyclic) bond motifs is 1. The van der Waals surface area contributed by atoms with Gasteiger partial charge in [-0.1, -0.05) is 6.07 Å². The zero-order chi connectivity index (χ0) is 14.8. The van der Waals surface area contributed by atoms with Gasteiger partial charge in [-0.2, -0.15) is 0 Å². The number of pyridine rings is 1. The maximum Gasteiger partial charge on any atom is 0.317 e. The number of aromatic nitrogens is 2. The van der Waals surface area contributed by atoms with Gasteiger partial charge in [-0.3, -0.25) is 0 Å². The average Bonchev–Trinajstić information content (AvgIpc) is 3.12. The molecule has 1 saturated heterocycles. The summed E-state index contributed by atoms with van der Waals surface area (Å²) in [7, 11) is 0. The van der Waals surface area contributed by atoms with Crippen molar-refractivity contribution < 1.29 is 9.90 Å². The number of rotatable bonds is 3. The van der Waals surface area contributed by atoms with E-state index in [-0.39, 0.29) is 18.6 Å². The number of likely N-dealkylation sites (tertiary alicyclic amines) is 1. The summed E-state index contributed by atoms with van der Waals surface area (Å²) in [6.07, 6.45) is 2.82. The van der Waals surface area contributed by atoms with E-state index in [4.69, 9.17) is 5.11 Å². The van der Waals surface area contributed by atoms with Gasteiger partial charge < -0.3 is 19.7 Å². The van der Waals surface area contributed by atoms with Crippen LogP contribution in [-0.4, -0.2) is 45.1 Å². The highest BCUT2D eigenvalue weighted by atomic mass is 16.3. The van der Waals surface area contributed by atoms with Gasteiger partial charge in [0.2, 0.25) is 0 Å². The van der Waals surface area contributed by atoms with Crippen LogP contribution >= 0.6 is 0 Å². The fraction of sp³-hybridized carbons (Fsp3) is 0.467. The van der Waals surface area contributed by atoms with E-state index in [1.54, 1.807) is 4.90 Å². The molecule has 3 rings (SSSR count). The lowest BCUT2D eigenvalue weighted by Crippen LogP contribution is -2.38. The molecule has 2 aromatic rings. The first-order valence-corrected chi connectivity index (χ1v) is 7.24. The van der Waals surface area contributed by atoms with E-state index in [1.807, 2.05) is 35.7 Å². The summed E-state index contributed by atoms with van der Waals surface area (Å²) in [5.74, 6) is 0.216. The van der Waals surface area contributed by atoms with Gasteiger partial charge in [-0.25, -0.2) is 9.78 Å². The van der Waals surface area contributed by atoms with E-state index in [0.29, 0.717) is 19.6 Å². The van der Waals surface area contributed by atoms with E-state index in [0.717, 1.165) is 23.5 Å². The Labute approximate surface area is 123 Å². The zero-order valence-corrected chi connectivity index (χ0v) is 12.1. The molecule has 0 bridgehead atoms. The third-order valence-electron chi connectivity index (χ3n) is 4.00. The lowest BCUT2D eigenvalue weighted by atomic mass is 10.1. The first-order valence-electron chi connectivity index (χ1n) is 7.24. The molecule has 6 heteroatoms. The Hall–Kier alpha value is -2.08. The van der Waals surface area contributed by atoms with Crippen LogP contribution in [0.1, 0.15) is 17.8 Å². The highest BCUT2D eigenvalue weighted by molar-refractivity contribution is 5.74. The van der Waals surface area contributed by atoms with Gasteiger partial charge >= 0.3 is 6.03 Å². The Kier molecular flexibility index (Phi) is 3.79. The topological polar surface area (TPSA) is 69.9 Å². The predicted octanol–water partition coefficient (Wildman–Crippen LogP) is 1.17. The standard InChI is InChI=1S/C15H20N4O2/c1-11-3-2-4-14-17-13(9-19(11)14)7-16-15(21)18-6-5-12(8-18)10-20/h2-4,9,12,20H,5-8,10H2,1H3,(H,16,21). The molecule has 1 aliphatic heterocycles. The molecular weight excluding hydrogens is 268 g/mol. The van der Waals surface area contributed by atoms with Crippen molar-refractivity contribution in [3.05, 3.63) is 35.8 Å². The smallest absolute Gasteiger partial charge is 0.317 e. The molecule has 2 amide bonds. The van der Waals surface area contributed by atoms with Crippen molar-refractivity contribution >= 4 is 11.7 Å². The Morgan fingerprint density at radius 3 is 3.10 bits per heavy atom. The quantitative estimate of drug-likeness (QED) is 0.890. The van der Waals surface area contributed by atoms with Crippen LogP contribution in [-0.2, 0) is 6.54 Å². The molecule has 1 atom stereocenters. The highest BCUT2D eigenvalue weighted by Crippen LogP contribution is 2.15. The number of amides is 2. The van der Waals surface area contributed by atoms with Gasteiger partial charge in [-0.05, 0) is 25.5 Å². The van der Waals surface area contributed by atoms with Crippen molar-refractivity contribution in [2.24, 2.45) is 5.92 Å². The van der Waals surface area contributed by atoms with Crippen LogP contribution in [0.5, 0.6) is 0 Å². The van der Waals surface area contributed by atoms with E-state index in [9.17, 15) is 4.79 Å². The summed E-state index contributed by atoms with van der Waals surface area (Å²) >= 11 is 0. The minimum Gasteiger partial charge on any atom is -0.396 e. The monoisotopic (exact) mass is 288 g/mol. The van der Waals surface area contributed by atoms with Gasteiger partial charge in [0.25, 0.3) is 0 Å². The first-order chi connectivity index (χ1) is 10.2. The van der Waals surface area contributed by atoms with Crippen LogP contribution in [0.25, 0.3) is 5.65 Å². The van der Waals surface area contributed by atoms with Crippen LogP contribution in [0.2, 0.25) is 0 Å². The molecule has 0 saturated carbocycles. The fourth-order valence-corrected chi connectivity index (χ4v) is 2.73. The van der Waals surface area contributed by atoms with Crippen LogP contribution in [0.15, 0.2) is 24.4 Å². The van der Waals surface area contributed by atoms with Crippen molar-refractivity contribution in [1.82, 2.24) is 19.6 Å². The number of imidazole rings is 1. The Morgan fingerprint density at radius 2 is 2.38 bits per heavy atom. The molecule has 2 aromatic heterocycles.